The maximum Gasteiger partial charge on any atom is 0.205 e. The zero-order valence-corrected chi connectivity index (χ0v) is 12.2. The fourth-order valence-electron chi connectivity index (χ4n) is 3.49. The fourth-order valence-corrected chi connectivity index (χ4v) is 3.49. The lowest BCUT2D eigenvalue weighted by molar-refractivity contribution is 0.340. The molecular weight excluding hydrogens is 236 g/mol. The molecule has 3 rings (SSSR count). The number of imidazole rings is 1. The van der Waals surface area contributed by atoms with Crippen LogP contribution < -0.4 is 10.2 Å². The van der Waals surface area contributed by atoms with E-state index >= 15 is 0 Å². The van der Waals surface area contributed by atoms with Gasteiger partial charge < -0.3 is 14.8 Å². The van der Waals surface area contributed by atoms with Crippen molar-refractivity contribution in [1.29, 1.82) is 0 Å². The molecule has 0 radical (unpaired) electrons. The van der Waals surface area contributed by atoms with Gasteiger partial charge in [-0.05, 0) is 38.6 Å². The number of hydrogen-bond donors (Lipinski definition) is 1. The average Bonchev–Trinajstić information content (AvgIpc) is 2.99. The minimum Gasteiger partial charge on any atom is -0.340 e. The summed E-state index contributed by atoms with van der Waals surface area (Å²) < 4.78 is 2.36. The summed E-state index contributed by atoms with van der Waals surface area (Å²) in [4.78, 5) is 7.26. The molecule has 4 nitrogen and oxygen atoms in total. The van der Waals surface area contributed by atoms with Gasteiger partial charge in [-0.2, -0.15) is 0 Å². The van der Waals surface area contributed by atoms with Crippen LogP contribution in [0.4, 0.5) is 5.95 Å². The van der Waals surface area contributed by atoms with Crippen LogP contribution in [0.25, 0.3) is 0 Å². The van der Waals surface area contributed by atoms with Crippen LogP contribution in [0.1, 0.15) is 38.3 Å². The Balaban J connectivity index is 1.74. The van der Waals surface area contributed by atoms with E-state index in [0.29, 0.717) is 6.04 Å². The Labute approximate surface area is 116 Å². The molecular formula is C15H26N4. The standard InChI is InChI=1S/C15H26N4/c1-3-4-8-18-9-12(2)17-15(18)19-10-13-6-5-7-16-14(13)11-19/h9,13-14,16H,3-8,10-11H2,1-2H3/t13-,14+/m0/s1. The van der Waals surface area contributed by atoms with Crippen molar-refractivity contribution in [3.63, 3.8) is 0 Å². The molecule has 0 aromatic carbocycles. The second-order valence-electron chi connectivity index (χ2n) is 6.10. The Morgan fingerprint density at radius 3 is 3.11 bits per heavy atom. The van der Waals surface area contributed by atoms with E-state index in [1.54, 1.807) is 0 Å². The summed E-state index contributed by atoms with van der Waals surface area (Å²) in [5.74, 6) is 2.02. The van der Waals surface area contributed by atoms with Crippen LogP contribution in [0.15, 0.2) is 6.20 Å². The van der Waals surface area contributed by atoms with E-state index in [9.17, 15) is 0 Å². The Morgan fingerprint density at radius 1 is 1.42 bits per heavy atom. The number of piperidine rings is 1. The van der Waals surface area contributed by atoms with Gasteiger partial charge >= 0.3 is 0 Å². The van der Waals surface area contributed by atoms with Crippen molar-refractivity contribution in [1.82, 2.24) is 14.9 Å². The summed E-state index contributed by atoms with van der Waals surface area (Å²) in [6.45, 7) is 8.96. The highest BCUT2D eigenvalue weighted by molar-refractivity contribution is 5.36. The first-order valence-corrected chi connectivity index (χ1v) is 7.80. The number of fused-ring (bicyclic) bond motifs is 1. The molecule has 4 heteroatoms. The van der Waals surface area contributed by atoms with Gasteiger partial charge in [-0.3, -0.25) is 0 Å². The number of anilines is 1. The predicted octanol–water partition coefficient (Wildman–Crippen LogP) is 2.18. The van der Waals surface area contributed by atoms with Crippen LogP contribution in [-0.2, 0) is 6.54 Å². The van der Waals surface area contributed by atoms with Crippen LogP contribution in [0, 0.1) is 12.8 Å². The minimum absolute atomic E-state index is 0.686. The Bertz CT molecular complexity index is 412. The molecule has 2 saturated heterocycles. The quantitative estimate of drug-likeness (QED) is 0.903. The molecule has 2 fully saturated rings. The highest BCUT2D eigenvalue weighted by atomic mass is 15.3. The first-order chi connectivity index (χ1) is 9.28. The molecule has 2 aliphatic rings. The zero-order valence-electron chi connectivity index (χ0n) is 12.2. The molecule has 1 aromatic heterocycles. The third-order valence-electron chi connectivity index (χ3n) is 4.51. The second kappa shape index (κ2) is 5.53. The van der Waals surface area contributed by atoms with Gasteiger partial charge in [-0.25, -0.2) is 4.98 Å². The molecule has 0 unspecified atom stereocenters. The molecule has 3 heterocycles. The van der Waals surface area contributed by atoms with Gasteiger partial charge in [-0.15, -0.1) is 0 Å². The molecule has 0 bridgehead atoms. The van der Waals surface area contributed by atoms with E-state index in [-0.39, 0.29) is 0 Å². The molecule has 106 valence electrons. The third-order valence-corrected chi connectivity index (χ3v) is 4.51. The van der Waals surface area contributed by atoms with E-state index in [2.05, 4.69) is 34.8 Å². The topological polar surface area (TPSA) is 33.1 Å². The molecule has 2 aliphatic heterocycles. The van der Waals surface area contributed by atoms with Crippen LogP contribution >= 0.6 is 0 Å². The van der Waals surface area contributed by atoms with Crippen molar-refractivity contribution in [3.05, 3.63) is 11.9 Å². The third kappa shape index (κ3) is 2.64. The summed E-state index contributed by atoms with van der Waals surface area (Å²) in [5, 5.41) is 3.67. The molecule has 2 atom stereocenters. The van der Waals surface area contributed by atoms with Crippen LogP contribution in [0.5, 0.6) is 0 Å². The van der Waals surface area contributed by atoms with Crippen molar-refractivity contribution in [2.45, 2.75) is 52.1 Å². The minimum atomic E-state index is 0.686. The van der Waals surface area contributed by atoms with Crippen molar-refractivity contribution in [2.75, 3.05) is 24.5 Å². The van der Waals surface area contributed by atoms with Gasteiger partial charge in [0.05, 0.1) is 5.69 Å². The molecule has 0 amide bonds. The van der Waals surface area contributed by atoms with Crippen molar-refractivity contribution >= 4 is 5.95 Å². The number of hydrogen-bond acceptors (Lipinski definition) is 3. The van der Waals surface area contributed by atoms with E-state index in [0.717, 1.165) is 24.7 Å². The number of nitrogens with zero attached hydrogens (tertiary/aromatic N) is 3. The van der Waals surface area contributed by atoms with E-state index in [1.807, 2.05) is 0 Å². The molecule has 0 aliphatic carbocycles. The second-order valence-corrected chi connectivity index (χ2v) is 6.10. The maximum absolute atomic E-state index is 4.76. The highest BCUT2D eigenvalue weighted by Gasteiger charge is 2.35. The highest BCUT2D eigenvalue weighted by Crippen LogP contribution is 2.28. The zero-order chi connectivity index (χ0) is 13.2. The molecule has 19 heavy (non-hydrogen) atoms. The summed E-state index contributed by atoms with van der Waals surface area (Å²) in [5.41, 5.74) is 1.15. The number of aryl methyl sites for hydroxylation is 2. The Hall–Kier alpha value is -1.03. The van der Waals surface area contributed by atoms with Crippen molar-refractivity contribution in [3.8, 4) is 0 Å². The Kier molecular flexibility index (Phi) is 3.78. The molecule has 0 saturated carbocycles. The van der Waals surface area contributed by atoms with Gasteiger partial charge in [0.1, 0.15) is 0 Å². The van der Waals surface area contributed by atoms with Gasteiger partial charge in [0.25, 0.3) is 0 Å². The van der Waals surface area contributed by atoms with Gasteiger partial charge in [0.15, 0.2) is 0 Å². The largest absolute Gasteiger partial charge is 0.340 e. The van der Waals surface area contributed by atoms with Crippen LogP contribution in [0.2, 0.25) is 0 Å². The summed E-state index contributed by atoms with van der Waals surface area (Å²) in [7, 11) is 0. The smallest absolute Gasteiger partial charge is 0.205 e. The van der Waals surface area contributed by atoms with Gasteiger partial charge in [-0.1, -0.05) is 13.3 Å². The predicted molar refractivity (Wildman–Crippen MR) is 78.6 cm³/mol. The van der Waals surface area contributed by atoms with E-state index < -0.39 is 0 Å². The van der Waals surface area contributed by atoms with Crippen LogP contribution in [-0.4, -0.2) is 35.2 Å². The number of aromatic nitrogens is 2. The van der Waals surface area contributed by atoms with Crippen LogP contribution in [0.3, 0.4) is 0 Å². The van der Waals surface area contributed by atoms with Crippen molar-refractivity contribution in [2.24, 2.45) is 5.92 Å². The lowest BCUT2D eigenvalue weighted by Gasteiger charge is -2.24. The molecule has 1 N–H and O–H groups in total. The lowest BCUT2D eigenvalue weighted by atomic mass is 9.94. The van der Waals surface area contributed by atoms with E-state index in [1.165, 1.54) is 44.7 Å². The van der Waals surface area contributed by atoms with Crippen molar-refractivity contribution < 1.29 is 0 Å². The average molecular weight is 262 g/mol. The first kappa shape index (κ1) is 13.0. The summed E-state index contributed by atoms with van der Waals surface area (Å²) >= 11 is 0. The van der Waals surface area contributed by atoms with E-state index in [4.69, 9.17) is 4.98 Å². The fraction of sp³-hybridized carbons (Fsp3) is 0.800. The summed E-state index contributed by atoms with van der Waals surface area (Å²) in [6.07, 6.45) is 7.40. The first-order valence-electron chi connectivity index (χ1n) is 7.80. The number of unbranched alkanes of at least 4 members (excludes halogenated alkanes) is 1. The summed E-state index contributed by atoms with van der Waals surface area (Å²) in [6, 6.07) is 0.686. The SMILES string of the molecule is CCCCn1cc(C)nc1N1C[C@@H]2CCCN[C@@H]2C1. The normalized spacial score (nSPS) is 26.7. The molecule has 0 spiro atoms. The lowest BCUT2D eigenvalue weighted by Crippen LogP contribution is -2.40. The maximum atomic E-state index is 4.76. The number of rotatable bonds is 4. The molecule has 1 aromatic rings. The van der Waals surface area contributed by atoms with Gasteiger partial charge in [0, 0.05) is 31.9 Å². The Morgan fingerprint density at radius 2 is 2.32 bits per heavy atom. The number of nitrogens with one attached hydrogen (secondary N) is 1. The monoisotopic (exact) mass is 262 g/mol. The van der Waals surface area contributed by atoms with Gasteiger partial charge in [0.2, 0.25) is 5.95 Å².